The first kappa shape index (κ1) is 11.0. The largest absolute Gasteiger partial charge is 0.251 e. The van der Waals surface area contributed by atoms with E-state index < -0.39 is 0 Å². The maximum Gasteiger partial charge on any atom is 0.127 e. The minimum absolute atomic E-state index is 0.0908. The van der Waals surface area contributed by atoms with Crippen LogP contribution in [0.1, 0.15) is 58.2 Å². The molecule has 1 aliphatic rings. The predicted octanol–water partition coefficient (Wildman–Crippen LogP) is 3.95. The highest BCUT2D eigenvalue weighted by molar-refractivity contribution is 6.29. The fraction of sp³-hybridized carbons (Fsp3) is 0.750. The molecule has 0 bridgehead atoms. The molecule has 1 aromatic heterocycles. The summed E-state index contributed by atoms with van der Waals surface area (Å²) in [5.41, 5.74) is 1.19. The molecule has 1 fully saturated rings. The van der Waals surface area contributed by atoms with Crippen LogP contribution in [-0.4, -0.2) is 9.78 Å². The van der Waals surface area contributed by atoms with Gasteiger partial charge in [-0.3, -0.25) is 4.68 Å². The minimum Gasteiger partial charge on any atom is -0.251 e. The molecule has 1 heterocycles. The topological polar surface area (TPSA) is 17.8 Å². The molecule has 0 radical (unpaired) electrons. The lowest BCUT2D eigenvalue weighted by Gasteiger charge is -2.15. The molecular formula is C12H19ClN2. The monoisotopic (exact) mass is 226 g/mol. The first-order valence-electron chi connectivity index (χ1n) is 5.74. The van der Waals surface area contributed by atoms with Gasteiger partial charge in [-0.2, -0.15) is 5.10 Å². The van der Waals surface area contributed by atoms with E-state index in [0.717, 1.165) is 10.8 Å². The average molecular weight is 227 g/mol. The summed E-state index contributed by atoms with van der Waals surface area (Å²) in [6.07, 6.45) is 5.08. The third kappa shape index (κ3) is 2.20. The summed E-state index contributed by atoms with van der Waals surface area (Å²) in [5, 5.41) is 5.45. The third-order valence-electron chi connectivity index (χ3n) is 3.13. The minimum atomic E-state index is 0.0908. The molecule has 0 N–H and O–H groups in total. The number of halogens is 1. The summed E-state index contributed by atoms with van der Waals surface area (Å²) in [6.45, 7) is 6.51. The van der Waals surface area contributed by atoms with E-state index in [0.29, 0.717) is 6.04 Å². The van der Waals surface area contributed by atoms with Gasteiger partial charge in [0.05, 0.1) is 11.7 Å². The molecule has 0 aliphatic heterocycles. The van der Waals surface area contributed by atoms with Gasteiger partial charge in [0.2, 0.25) is 0 Å². The van der Waals surface area contributed by atoms with Gasteiger partial charge >= 0.3 is 0 Å². The Hall–Kier alpha value is -0.500. The Kier molecular flexibility index (Phi) is 2.80. The molecule has 3 heteroatoms. The molecule has 0 spiro atoms. The van der Waals surface area contributed by atoms with E-state index in [1.807, 2.05) is 10.7 Å². The van der Waals surface area contributed by atoms with Crippen molar-refractivity contribution in [3.8, 4) is 0 Å². The highest BCUT2D eigenvalue weighted by Gasteiger charge is 2.24. The molecule has 15 heavy (non-hydrogen) atoms. The molecule has 0 atom stereocenters. The highest BCUT2D eigenvalue weighted by atomic mass is 35.5. The van der Waals surface area contributed by atoms with Crippen LogP contribution in [0.3, 0.4) is 0 Å². The summed E-state index contributed by atoms with van der Waals surface area (Å²) in [7, 11) is 0. The summed E-state index contributed by atoms with van der Waals surface area (Å²) in [4.78, 5) is 0. The molecule has 1 aromatic rings. The van der Waals surface area contributed by atoms with Crippen LogP contribution >= 0.6 is 11.6 Å². The smallest absolute Gasteiger partial charge is 0.127 e. The Morgan fingerprint density at radius 1 is 1.33 bits per heavy atom. The van der Waals surface area contributed by atoms with E-state index in [-0.39, 0.29) is 5.41 Å². The Bertz CT molecular complexity index is 343. The molecule has 0 amide bonds. The first-order valence-corrected chi connectivity index (χ1v) is 6.12. The summed E-state index contributed by atoms with van der Waals surface area (Å²) in [5.74, 6) is 0. The lowest BCUT2D eigenvalue weighted by atomic mass is 9.93. The molecule has 0 unspecified atom stereocenters. The number of nitrogens with zero attached hydrogens (tertiary/aromatic N) is 2. The Balaban J connectivity index is 2.29. The molecule has 2 nitrogen and oxygen atoms in total. The van der Waals surface area contributed by atoms with Gasteiger partial charge in [-0.1, -0.05) is 45.2 Å². The first-order chi connectivity index (χ1) is 6.98. The summed E-state index contributed by atoms with van der Waals surface area (Å²) in [6, 6.07) is 2.55. The van der Waals surface area contributed by atoms with Crippen LogP contribution in [0, 0.1) is 0 Å². The van der Waals surface area contributed by atoms with E-state index in [9.17, 15) is 0 Å². The van der Waals surface area contributed by atoms with Crippen molar-refractivity contribution >= 4 is 11.6 Å². The van der Waals surface area contributed by atoms with Gasteiger partial charge in [-0.25, -0.2) is 0 Å². The van der Waals surface area contributed by atoms with Crippen LogP contribution in [0.25, 0.3) is 0 Å². The molecule has 1 saturated carbocycles. The van der Waals surface area contributed by atoms with Crippen molar-refractivity contribution in [2.75, 3.05) is 0 Å². The van der Waals surface area contributed by atoms with Gasteiger partial charge < -0.3 is 0 Å². The van der Waals surface area contributed by atoms with Crippen molar-refractivity contribution in [2.24, 2.45) is 0 Å². The number of aromatic nitrogens is 2. The van der Waals surface area contributed by atoms with Crippen LogP contribution in [-0.2, 0) is 5.41 Å². The van der Waals surface area contributed by atoms with Gasteiger partial charge in [0, 0.05) is 5.41 Å². The fourth-order valence-electron chi connectivity index (χ4n) is 2.14. The maximum atomic E-state index is 6.23. The van der Waals surface area contributed by atoms with Gasteiger partial charge in [-0.05, 0) is 18.9 Å². The third-order valence-corrected chi connectivity index (χ3v) is 3.41. The van der Waals surface area contributed by atoms with Crippen molar-refractivity contribution in [3.05, 3.63) is 16.9 Å². The van der Waals surface area contributed by atoms with Crippen molar-refractivity contribution in [1.82, 2.24) is 9.78 Å². The SMILES string of the molecule is CC(C)(C)c1cc(Cl)n(C2CCCC2)n1. The molecule has 1 aliphatic carbocycles. The van der Waals surface area contributed by atoms with Gasteiger partial charge in [-0.15, -0.1) is 0 Å². The maximum absolute atomic E-state index is 6.23. The number of hydrogen-bond donors (Lipinski definition) is 0. The van der Waals surface area contributed by atoms with Gasteiger partial charge in [0.1, 0.15) is 5.15 Å². The zero-order chi connectivity index (χ0) is 11.1. The van der Waals surface area contributed by atoms with Gasteiger partial charge in [0.25, 0.3) is 0 Å². The Morgan fingerprint density at radius 2 is 1.93 bits per heavy atom. The zero-order valence-corrected chi connectivity index (χ0v) is 10.5. The van der Waals surface area contributed by atoms with E-state index in [2.05, 4.69) is 25.9 Å². The van der Waals surface area contributed by atoms with E-state index in [4.69, 9.17) is 11.6 Å². The van der Waals surface area contributed by atoms with Crippen LogP contribution in [0.15, 0.2) is 6.07 Å². The molecular weight excluding hydrogens is 208 g/mol. The second-order valence-electron chi connectivity index (χ2n) is 5.49. The van der Waals surface area contributed by atoms with E-state index in [1.165, 1.54) is 25.7 Å². The Morgan fingerprint density at radius 3 is 2.40 bits per heavy atom. The van der Waals surface area contributed by atoms with Crippen molar-refractivity contribution < 1.29 is 0 Å². The van der Waals surface area contributed by atoms with Crippen molar-refractivity contribution in [2.45, 2.75) is 57.9 Å². The number of rotatable bonds is 1. The quantitative estimate of drug-likeness (QED) is 0.709. The second-order valence-corrected chi connectivity index (χ2v) is 5.87. The Labute approximate surface area is 96.6 Å². The fourth-order valence-corrected chi connectivity index (χ4v) is 2.42. The number of hydrogen-bond acceptors (Lipinski definition) is 1. The van der Waals surface area contributed by atoms with Gasteiger partial charge in [0.15, 0.2) is 0 Å². The van der Waals surface area contributed by atoms with Crippen LogP contribution in [0.2, 0.25) is 5.15 Å². The van der Waals surface area contributed by atoms with Crippen molar-refractivity contribution in [1.29, 1.82) is 0 Å². The zero-order valence-electron chi connectivity index (χ0n) is 9.76. The highest BCUT2D eigenvalue weighted by Crippen LogP contribution is 2.33. The molecule has 2 rings (SSSR count). The molecule has 84 valence electrons. The van der Waals surface area contributed by atoms with Crippen molar-refractivity contribution in [3.63, 3.8) is 0 Å². The van der Waals surface area contributed by atoms with E-state index in [1.54, 1.807) is 0 Å². The average Bonchev–Trinajstić information content (AvgIpc) is 2.69. The van der Waals surface area contributed by atoms with E-state index >= 15 is 0 Å². The normalized spacial score (nSPS) is 18.7. The molecule has 0 saturated heterocycles. The second kappa shape index (κ2) is 3.82. The summed E-state index contributed by atoms with van der Waals surface area (Å²) < 4.78 is 2.02. The van der Waals surface area contributed by atoms with Crippen LogP contribution < -0.4 is 0 Å². The lowest BCUT2D eigenvalue weighted by molar-refractivity contribution is 0.449. The standard InChI is InChI=1S/C12H19ClN2/c1-12(2,3)10-8-11(13)15(14-10)9-6-4-5-7-9/h8-9H,4-7H2,1-3H3. The molecule has 0 aromatic carbocycles. The lowest BCUT2D eigenvalue weighted by Crippen LogP contribution is -2.14. The predicted molar refractivity (Wildman–Crippen MR) is 63.4 cm³/mol. The van der Waals surface area contributed by atoms with Crippen LogP contribution in [0.4, 0.5) is 0 Å². The summed E-state index contributed by atoms with van der Waals surface area (Å²) >= 11 is 6.23. The van der Waals surface area contributed by atoms with Crippen LogP contribution in [0.5, 0.6) is 0 Å².